The first-order valence-electron chi connectivity index (χ1n) is 8.17. The van der Waals surface area contributed by atoms with Gasteiger partial charge in [-0.3, -0.25) is 0 Å². The Bertz CT molecular complexity index is 766. The Morgan fingerprint density at radius 3 is 2.52 bits per heavy atom. The van der Waals surface area contributed by atoms with Crippen molar-refractivity contribution in [3.8, 4) is 11.1 Å². The summed E-state index contributed by atoms with van der Waals surface area (Å²) in [6, 6.07) is 17.4. The van der Waals surface area contributed by atoms with E-state index >= 15 is 0 Å². The summed E-state index contributed by atoms with van der Waals surface area (Å²) in [6.07, 6.45) is 7.45. The molecule has 0 bridgehead atoms. The zero-order chi connectivity index (χ0) is 16.2. The van der Waals surface area contributed by atoms with E-state index in [2.05, 4.69) is 92.6 Å². The van der Waals surface area contributed by atoms with Crippen LogP contribution in [-0.4, -0.2) is 0 Å². The van der Waals surface area contributed by atoms with E-state index in [1.165, 1.54) is 33.4 Å². The Balaban J connectivity index is 2.06. The Morgan fingerprint density at radius 2 is 1.87 bits per heavy atom. The van der Waals surface area contributed by atoms with E-state index < -0.39 is 0 Å². The minimum Gasteiger partial charge on any atom is -0.380 e. The van der Waals surface area contributed by atoms with Gasteiger partial charge in [-0.15, -0.1) is 0 Å². The summed E-state index contributed by atoms with van der Waals surface area (Å²) in [4.78, 5) is 0. The number of hydrogen-bond acceptors (Lipinski definition) is 1. The number of allylic oxidation sites excluding steroid dienone is 3. The number of rotatable bonds is 4. The minimum absolute atomic E-state index is 0.195. The van der Waals surface area contributed by atoms with Crippen LogP contribution in [0.4, 0.5) is 0 Å². The zero-order valence-electron chi connectivity index (χ0n) is 13.8. The second-order valence-corrected chi connectivity index (χ2v) is 6.02. The van der Waals surface area contributed by atoms with Crippen LogP contribution < -0.4 is 5.32 Å². The first-order chi connectivity index (χ1) is 11.2. The van der Waals surface area contributed by atoms with Gasteiger partial charge in [0, 0.05) is 6.20 Å². The van der Waals surface area contributed by atoms with Gasteiger partial charge in [-0.05, 0) is 52.8 Å². The fourth-order valence-electron chi connectivity index (χ4n) is 2.91. The lowest BCUT2D eigenvalue weighted by atomic mass is 9.90. The summed E-state index contributed by atoms with van der Waals surface area (Å²) >= 11 is 0. The van der Waals surface area contributed by atoms with Crippen molar-refractivity contribution in [1.82, 2.24) is 5.32 Å². The zero-order valence-corrected chi connectivity index (χ0v) is 13.8. The standard InChI is InChI=1S/C22H23N/c1-4-17(3)20-12-11-19(18-8-6-5-7-9-18)14-21(20)22-13-10-16(2)15-23-22/h5-15,22-23H,3-4H2,1-2H3. The van der Waals surface area contributed by atoms with Crippen molar-refractivity contribution in [2.24, 2.45) is 0 Å². The first kappa shape index (κ1) is 15.4. The molecule has 0 amide bonds. The molecule has 3 rings (SSSR count). The monoisotopic (exact) mass is 301 g/mol. The van der Waals surface area contributed by atoms with Crippen LogP contribution in [0.25, 0.3) is 16.7 Å². The lowest BCUT2D eigenvalue weighted by molar-refractivity contribution is 0.737. The normalized spacial score (nSPS) is 16.6. The van der Waals surface area contributed by atoms with Gasteiger partial charge in [-0.25, -0.2) is 0 Å². The highest BCUT2D eigenvalue weighted by Crippen LogP contribution is 2.32. The molecule has 1 heteroatoms. The maximum absolute atomic E-state index is 4.25. The molecule has 0 spiro atoms. The Labute approximate surface area is 139 Å². The van der Waals surface area contributed by atoms with E-state index in [0.29, 0.717) is 0 Å². The molecule has 2 aromatic rings. The molecular formula is C22H23N. The highest BCUT2D eigenvalue weighted by Gasteiger charge is 2.16. The van der Waals surface area contributed by atoms with Crippen molar-refractivity contribution in [2.45, 2.75) is 26.3 Å². The van der Waals surface area contributed by atoms with Crippen LogP contribution in [0.3, 0.4) is 0 Å². The Morgan fingerprint density at radius 1 is 1.09 bits per heavy atom. The van der Waals surface area contributed by atoms with E-state index in [9.17, 15) is 0 Å². The second-order valence-electron chi connectivity index (χ2n) is 6.02. The van der Waals surface area contributed by atoms with Gasteiger partial charge in [0.15, 0.2) is 0 Å². The number of hydrogen-bond donors (Lipinski definition) is 1. The van der Waals surface area contributed by atoms with Gasteiger partial charge in [-0.1, -0.05) is 68.1 Å². The summed E-state index contributed by atoms with van der Waals surface area (Å²) in [5, 5.41) is 3.49. The van der Waals surface area contributed by atoms with E-state index in [4.69, 9.17) is 0 Å². The topological polar surface area (TPSA) is 12.0 Å². The SMILES string of the molecule is C=C(CC)c1ccc(-c2ccccc2)cc1C1C=CC(C)=CN1. The minimum atomic E-state index is 0.195. The summed E-state index contributed by atoms with van der Waals surface area (Å²) < 4.78 is 0. The molecule has 0 aliphatic carbocycles. The van der Waals surface area contributed by atoms with Gasteiger partial charge in [0.25, 0.3) is 0 Å². The summed E-state index contributed by atoms with van der Waals surface area (Å²) in [5.41, 5.74) is 7.46. The number of benzene rings is 2. The molecule has 0 saturated carbocycles. The maximum Gasteiger partial charge on any atom is 0.0702 e. The Kier molecular flexibility index (Phi) is 4.47. The highest BCUT2D eigenvalue weighted by molar-refractivity contribution is 5.73. The van der Waals surface area contributed by atoms with Crippen LogP contribution in [0, 0.1) is 0 Å². The molecule has 1 aliphatic heterocycles. The first-order valence-corrected chi connectivity index (χ1v) is 8.17. The lowest BCUT2D eigenvalue weighted by Crippen LogP contribution is -2.17. The van der Waals surface area contributed by atoms with Crippen LogP contribution in [0.2, 0.25) is 0 Å². The molecule has 2 aromatic carbocycles. The maximum atomic E-state index is 4.25. The molecule has 0 aromatic heterocycles. The van der Waals surface area contributed by atoms with Crippen molar-refractivity contribution >= 4 is 5.57 Å². The summed E-state index contributed by atoms with van der Waals surface area (Å²) in [5.74, 6) is 0. The fourth-order valence-corrected chi connectivity index (χ4v) is 2.91. The fraction of sp³-hybridized carbons (Fsp3) is 0.182. The molecule has 1 nitrogen and oxygen atoms in total. The van der Waals surface area contributed by atoms with E-state index in [-0.39, 0.29) is 6.04 Å². The van der Waals surface area contributed by atoms with E-state index in [1.54, 1.807) is 0 Å². The average Bonchev–Trinajstić information content (AvgIpc) is 2.62. The predicted molar refractivity (Wildman–Crippen MR) is 100.0 cm³/mol. The second kappa shape index (κ2) is 6.70. The third-order valence-electron chi connectivity index (χ3n) is 4.34. The lowest BCUT2D eigenvalue weighted by Gasteiger charge is -2.23. The number of nitrogens with one attached hydrogen (secondary N) is 1. The number of dihydropyridines is 1. The molecule has 0 fully saturated rings. The van der Waals surface area contributed by atoms with Gasteiger partial charge in [-0.2, -0.15) is 0 Å². The van der Waals surface area contributed by atoms with Crippen molar-refractivity contribution in [1.29, 1.82) is 0 Å². The van der Waals surface area contributed by atoms with Crippen LogP contribution in [0.5, 0.6) is 0 Å². The van der Waals surface area contributed by atoms with E-state index in [1.807, 2.05) is 0 Å². The van der Waals surface area contributed by atoms with Gasteiger partial charge in [0.05, 0.1) is 6.04 Å². The molecule has 1 heterocycles. The molecule has 1 atom stereocenters. The largest absolute Gasteiger partial charge is 0.380 e. The van der Waals surface area contributed by atoms with Gasteiger partial charge >= 0.3 is 0 Å². The third kappa shape index (κ3) is 3.29. The molecule has 0 radical (unpaired) electrons. The molecule has 23 heavy (non-hydrogen) atoms. The molecular weight excluding hydrogens is 278 g/mol. The molecule has 0 saturated heterocycles. The van der Waals surface area contributed by atoms with Gasteiger partial charge in [0.1, 0.15) is 0 Å². The van der Waals surface area contributed by atoms with Crippen LogP contribution in [0.15, 0.2) is 79.0 Å². The van der Waals surface area contributed by atoms with Crippen molar-refractivity contribution < 1.29 is 0 Å². The quantitative estimate of drug-likeness (QED) is 0.743. The predicted octanol–water partition coefficient (Wildman–Crippen LogP) is 5.88. The Hall–Kier alpha value is -2.54. The van der Waals surface area contributed by atoms with Crippen LogP contribution in [-0.2, 0) is 0 Å². The molecule has 1 unspecified atom stereocenters. The molecule has 116 valence electrons. The van der Waals surface area contributed by atoms with Crippen molar-refractivity contribution in [2.75, 3.05) is 0 Å². The molecule has 1 aliphatic rings. The van der Waals surface area contributed by atoms with Crippen molar-refractivity contribution in [3.63, 3.8) is 0 Å². The van der Waals surface area contributed by atoms with Gasteiger partial charge < -0.3 is 5.32 Å². The molecule has 1 N–H and O–H groups in total. The van der Waals surface area contributed by atoms with E-state index in [0.717, 1.165) is 6.42 Å². The van der Waals surface area contributed by atoms with Gasteiger partial charge in [0.2, 0.25) is 0 Å². The highest BCUT2D eigenvalue weighted by atomic mass is 14.9. The van der Waals surface area contributed by atoms with Crippen molar-refractivity contribution in [3.05, 3.63) is 90.2 Å². The summed E-state index contributed by atoms with van der Waals surface area (Å²) in [7, 11) is 0. The smallest absolute Gasteiger partial charge is 0.0702 e. The third-order valence-corrected chi connectivity index (χ3v) is 4.34. The van der Waals surface area contributed by atoms with Crippen LogP contribution >= 0.6 is 0 Å². The van der Waals surface area contributed by atoms with Crippen LogP contribution in [0.1, 0.15) is 37.4 Å². The summed E-state index contributed by atoms with van der Waals surface area (Å²) in [6.45, 7) is 8.51. The average molecular weight is 301 g/mol.